The summed E-state index contributed by atoms with van der Waals surface area (Å²) in [5, 5.41) is 9.64. The van der Waals surface area contributed by atoms with E-state index in [-0.39, 0.29) is 5.82 Å². The molecule has 0 aliphatic rings. The standard InChI is InChI=1S/C31H30FN7/c1-4-19-8-22(15-33-14-19)27-13-25-30(18-35-27)37-38-31(25)28-12-24-26(16-34-17-29(24)36-28)21-9-20(10-23(32)11-21)6-5-7-39(2)3/h8-18,36H,4-7H2,1-3H3,(H,37,38). The zero-order chi connectivity index (χ0) is 26.9. The van der Waals surface area contributed by atoms with E-state index in [1.54, 1.807) is 30.7 Å². The molecule has 0 bridgehead atoms. The number of halogens is 1. The van der Waals surface area contributed by atoms with Crippen LogP contribution in [0.2, 0.25) is 0 Å². The molecule has 5 heterocycles. The fourth-order valence-corrected chi connectivity index (χ4v) is 5.06. The van der Waals surface area contributed by atoms with Crippen LogP contribution in [0.4, 0.5) is 4.39 Å². The van der Waals surface area contributed by atoms with Crippen LogP contribution in [0.1, 0.15) is 24.5 Å². The van der Waals surface area contributed by atoms with Crippen molar-refractivity contribution in [2.45, 2.75) is 26.2 Å². The van der Waals surface area contributed by atoms with Crippen molar-refractivity contribution in [2.75, 3.05) is 20.6 Å². The number of nitrogens with zero attached hydrogens (tertiary/aromatic N) is 5. The van der Waals surface area contributed by atoms with Crippen molar-refractivity contribution in [3.63, 3.8) is 0 Å². The molecule has 39 heavy (non-hydrogen) atoms. The molecule has 5 aromatic heterocycles. The van der Waals surface area contributed by atoms with Crippen LogP contribution in [0.25, 0.3) is 55.6 Å². The van der Waals surface area contributed by atoms with Gasteiger partial charge in [-0.3, -0.25) is 20.1 Å². The van der Waals surface area contributed by atoms with Crippen molar-refractivity contribution in [2.24, 2.45) is 0 Å². The minimum atomic E-state index is -0.236. The summed E-state index contributed by atoms with van der Waals surface area (Å²) in [5.41, 5.74) is 9.02. The molecule has 0 saturated carbocycles. The van der Waals surface area contributed by atoms with Crippen LogP contribution in [0.3, 0.4) is 0 Å². The third-order valence-corrected chi connectivity index (χ3v) is 7.09. The van der Waals surface area contributed by atoms with Gasteiger partial charge in [0.05, 0.1) is 34.8 Å². The first-order valence-corrected chi connectivity index (χ1v) is 13.2. The van der Waals surface area contributed by atoms with Crippen LogP contribution >= 0.6 is 0 Å². The van der Waals surface area contributed by atoms with Gasteiger partial charge in [0.1, 0.15) is 11.5 Å². The van der Waals surface area contributed by atoms with Gasteiger partial charge in [-0.2, -0.15) is 5.10 Å². The van der Waals surface area contributed by atoms with Gasteiger partial charge in [0.25, 0.3) is 0 Å². The van der Waals surface area contributed by atoms with Crippen LogP contribution in [-0.2, 0) is 12.8 Å². The molecule has 0 amide bonds. The molecule has 0 radical (unpaired) electrons. The average Bonchev–Trinajstić information content (AvgIpc) is 3.56. The SMILES string of the molecule is CCc1cncc(-c2cc3c(-c4cc5c(-c6cc(F)cc(CCCN(C)C)c6)cncc5[nH]4)n[nH]c3cn2)c1. The number of nitrogens with one attached hydrogen (secondary N) is 2. The number of benzene rings is 1. The van der Waals surface area contributed by atoms with Crippen molar-refractivity contribution in [1.82, 2.24) is 35.0 Å². The second kappa shape index (κ2) is 10.4. The molecule has 1 aromatic carbocycles. The molecule has 0 spiro atoms. The molecule has 6 rings (SSSR count). The van der Waals surface area contributed by atoms with E-state index in [4.69, 9.17) is 0 Å². The van der Waals surface area contributed by atoms with Gasteiger partial charge in [-0.05, 0) is 86.9 Å². The molecule has 7 nitrogen and oxygen atoms in total. The van der Waals surface area contributed by atoms with Crippen LogP contribution in [0.5, 0.6) is 0 Å². The normalized spacial score (nSPS) is 11.7. The van der Waals surface area contributed by atoms with Gasteiger partial charge in [0.15, 0.2) is 0 Å². The minimum Gasteiger partial charge on any atom is -0.352 e. The average molecular weight is 520 g/mol. The van der Waals surface area contributed by atoms with Crippen LogP contribution < -0.4 is 0 Å². The third kappa shape index (κ3) is 5.03. The van der Waals surface area contributed by atoms with Gasteiger partial charge in [-0.1, -0.05) is 13.0 Å². The topological polar surface area (TPSA) is 86.4 Å². The second-order valence-electron chi connectivity index (χ2n) is 10.2. The lowest BCUT2D eigenvalue weighted by atomic mass is 9.99. The van der Waals surface area contributed by atoms with Crippen LogP contribution in [-0.4, -0.2) is 55.7 Å². The highest BCUT2D eigenvalue weighted by molar-refractivity contribution is 6.01. The zero-order valence-corrected chi connectivity index (χ0v) is 22.3. The Morgan fingerprint density at radius 3 is 2.51 bits per heavy atom. The number of aryl methyl sites for hydroxylation is 2. The lowest BCUT2D eigenvalue weighted by Gasteiger charge is -2.10. The first-order chi connectivity index (χ1) is 19.0. The predicted molar refractivity (Wildman–Crippen MR) is 154 cm³/mol. The van der Waals surface area contributed by atoms with Gasteiger partial charge >= 0.3 is 0 Å². The number of hydrogen-bond donors (Lipinski definition) is 2. The largest absolute Gasteiger partial charge is 0.352 e. The van der Waals surface area contributed by atoms with Crippen molar-refractivity contribution in [1.29, 1.82) is 0 Å². The van der Waals surface area contributed by atoms with E-state index in [0.29, 0.717) is 0 Å². The third-order valence-electron chi connectivity index (χ3n) is 7.09. The summed E-state index contributed by atoms with van der Waals surface area (Å²) in [6.45, 7) is 3.07. The maximum Gasteiger partial charge on any atom is 0.124 e. The summed E-state index contributed by atoms with van der Waals surface area (Å²) < 4.78 is 14.7. The quantitative estimate of drug-likeness (QED) is 0.242. The zero-order valence-electron chi connectivity index (χ0n) is 22.3. The van der Waals surface area contributed by atoms with Crippen molar-refractivity contribution >= 4 is 21.8 Å². The molecule has 0 atom stereocenters. The summed E-state index contributed by atoms with van der Waals surface area (Å²) >= 11 is 0. The number of fused-ring (bicyclic) bond motifs is 2. The molecule has 0 unspecified atom stereocenters. The molecule has 0 fully saturated rings. The van der Waals surface area contributed by atoms with Crippen LogP contribution in [0.15, 0.2) is 67.4 Å². The Balaban J connectivity index is 1.40. The Labute approximate surface area is 226 Å². The van der Waals surface area contributed by atoms with E-state index in [1.165, 1.54) is 0 Å². The molecular weight excluding hydrogens is 489 g/mol. The molecule has 6 aromatic rings. The van der Waals surface area contributed by atoms with Crippen molar-refractivity contribution < 1.29 is 4.39 Å². The van der Waals surface area contributed by atoms with Gasteiger partial charge in [-0.25, -0.2) is 4.39 Å². The monoisotopic (exact) mass is 519 g/mol. The predicted octanol–water partition coefficient (Wildman–Crippen LogP) is 6.43. The first-order valence-electron chi connectivity index (χ1n) is 13.2. The highest BCUT2D eigenvalue weighted by atomic mass is 19.1. The van der Waals surface area contributed by atoms with E-state index in [0.717, 1.165) is 92.5 Å². The highest BCUT2D eigenvalue weighted by Gasteiger charge is 2.16. The van der Waals surface area contributed by atoms with Crippen molar-refractivity contribution in [3.05, 3.63) is 84.3 Å². The summed E-state index contributed by atoms with van der Waals surface area (Å²) in [7, 11) is 4.10. The maximum absolute atomic E-state index is 14.7. The smallest absolute Gasteiger partial charge is 0.124 e. The number of hydrogen-bond acceptors (Lipinski definition) is 5. The van der Waals surface area contributed by atoms with Crippen molar-refractivity contribution in [3.8, 4) is 33.8 Å². The van der Waals surface area contributed by atoms with E-state index < -0.39 is 0 Å². The summed E-state index contributed by atoms with van der Waals surface area (Å²) in [4.78, 5) is 19.1. The fourth-order valence-electron chi connectivity index (χ4n) is 5.06. The van der Waals surface area contributed by atoms with Gasteiger partial charge in [-0.15, -0.1) is 0 Å². The fraction of sp³-hybridized carbons (Fsp3) is 0.226. The Morgan fingerprint density at radius 2 is 1.67 bits per heavy atom. The molecule has 8 heteroatoms. The second-order valence-corrected chi connectivity index (χ2v) is 10.2. The summed E-state index contributed by atoms with van der Waals surface area (Å²) in [6.07, 6.45) is 11.8. The van der Waals surface area contributed by atoms with E-state index in [2.05, 4.69) is 60.2 Å². The summed E-state index contributed by atoms with van der Waals surface area (Å²) in [5.74, 6) is -0.236. The van der Waals surface area contributed by atoms with E-state index >= 15 is 0 Å². The molecule has 196 valence electrons. The van der Waals surface area contributed by atoms with Crippen LogP contribution in [0, 0.1) is 5.82 Å². The molecule has 0 saturated heterocycles. The Kier molecular flexibility index (Phi) is 6.62. The number of aromatic nitrogens is 6. The lowest BCUT2D eigenvalue weighted by molar-refractivity contribution is 0.400. The first kappa shape index (κ1) is 24.9. The lowest BCUT2D eigenvalue weighted by Crippen LogP contribution is -2.13. The van der Waals surface area contributed by atoms with Gasteiger partial charge < -0.3 is 9.88 Å². The Hall–Kier alpha value is -4.43. The number of aromatic amines is 2. The minimum absolute atomic E-state index is 0.236. The molecule has 0 aliphatic heterocycles. The number of H-pyrrole nitrogens is 2. The van der Waals surface area contributed by atoms with E-state index in [9.17, 15) is 4.39 Å². The number of pyridine rings is 3. The number of rotatable bonds is 8. The van der Waals surface area contributed by atoms with Gasteiger partial charge in [0, 0.05) is 40.5 Å². The molecule has 0 aliphatic carbocycles. The van der Waals surface area contributed by atoms with Gasteiger partial charge in [0.2, 0.25) is 0 Å². The van der Waals surface area contributed by atoms with E-state index in [1.807, 2.05) is 32.6 Å². The Bertz CT molecular complexity index is 1780. The summed E-state index contributed by atoms with van der Waals surface area (Å²) in [6, 6.07) is 11.5. The molecular formula is C31H30FN7. The maximum atomic E-state index is 14.7. The highest BCUT2D eigenvalue weighted by Crippen LogP contribution is 2.35. The molecule has 2 N–H and O–H groups in total. The Morgan fingerprint density at radius 1 is 0.821 bits per heavy atom.